The lowest BCUT2D eigenvalue weighted by atomic mass is 10.2. The maximum Gasteiger partial charge on any atom is 0.422 e. The van der Waals surface area contributed by atoms with E-state index in [1.54, 1.807) is 0 Å². The highest BCUT2D eigenvalue weighted by molar-refractivity contribution is 6.01. The second kappa shape index (κ2) is 9.01. The van der Waals surface area contributed by atoms with Crippen molar-refractivity contribution in [3.05, 3.63) is 42.5 Å². The molecule has 2 N–H and O–H groups in total. The van der Waals surface area contributed by atoms with Crippen molar-refractivity contribution in [1.82, 2.24) is 0 Å². The van der Waals surface area contributed by atoms with Gasteiger partial charge in [0.2, 0.25) is 0 Å². The smallest absolute Gasteiger partial charge is 0.422 e. The number of aromatic hydroxyl groups is 1. The van der Waals surface area contributed by atoms with Gasteiger partial charge >= 0.3 is 18.4 Å². The van der Waals surface area contributed by atoms with Crippen LogP contribution in [-0.4, -0.2) is 43.8 Å². The van der Waals surface area contributed by atoms with Crippen molar-refractivity contribution in [2.75, 3.05) is 30.5 Å². The molecular formula is C18H16F6N2O4. The van der Waals surface area contributed by atoms with E-state index >= 15 is 0 Å². The number of hydrogen-bond acceptors (Lipinski definition) is 4. The maximum absolute atomic E-state index is 12.4. The Balaban J connectivity index is 2.22. The number of nitrogens with one attached hydrogen (secondary N) is 1. The number of phenolic OH excluding ortho intramolecular Hbond substituents is 1. The van der Waals surface area contributed by atoms with Crippen molar-refractivity contribution < 1.29 is 45.7 Å². The van der Waals surface area contributed by atoms with Crippen molar-refractivity contribution in [2.45, 2.75) is 12.4 Å². The molecule has 0 spiro atoms. The minimum Gasteiger partial charge on any atom is -0.508 e. The fraction of sp³-hybridized carbons (Fsp3) is 0.278. The molecule has 0 bridgehead atoms. The summed E-state index contributed by atoms with van der Waals surface area (Å²) in [6.07, 6.45) is -9.36. The van der Waals surface area contributed by atoms with Gasteiger partial charge in [-0.2, -0.15) is 26.3 Å². The molecule has 0 aliphatic rings. The number of hydrogen-bond donors (Lipinski definition) is 2. The van der Waals surface area contributed by atoms with Gasteiger partial charge in [-0.3, -0.25) is 4.90 Å². The van der Waals surface area contributed by atoms with Crippen LogP contribution in [0.3, 0.4) is 0 Å². The second-order valence-corrected chi connectivity index (χ2v) is 6.01. The van der Waals surface area contributed by atoms with Crippen LogP contribution >= 0.6 is 0 Å². The maximum atomic E-state index is 12.4. The first-order valence-corrected chi connectivity index (χ1v) is 8.20. The number of ether oxygens (including phenoxy) is 2. The minimum absolute atomic E-state index is 0.113. The van der Waals surface area contributed by atoms with Gasteiger partial charge in [0.15, 0.2) is 13.2 Å². The van der Waals surface area contributed by atoms with Crippen LogP contribution in [0.1, 0.15) is 0 Å². The van der Waals surface area contributed by atoms with Gasteiger partial charge in [0.1, 0.15) is 17.2 Å². The third-order valence-corrected chi connectivity index (χ3v) is 3.46. The number of phenols is 1. The predicted molar refractivity (Wildman–Crippen MR) is 95.1 cm³/mol. The summed E-state index contributed by atoms with van der Waals surface area (Å²) in [5, 5.41) is 11.8. The Bertz CT molecular complexity index is 849. The zero-order valence-electron chi connectivity index (χ0n) is 15.3. The summed E-state index contributed by atoms with van der Waals surface area (Å²) in [6.45, 7) is -3.38. The number of urea groups is 1. The molecule has 12 heteroatoms. The van der Waals surface area contributed by atoms with Crippen LogP contribution in [0.4, 0.5) is 42.5 Å². The van der Waals surface area contributed by atoms with Crippen molar-refractivity contribution in [1.29, 1.82) is 0 Å². The normalized spacial score (nSPS) is 11.7. The van der Waals surface area contributed by atoms with E-state index in [-0.39, 0.29) is 17.1 Å². The molecule has 0 saturated heterocycles. The van der Waals surface area contributed by atoms with Gasteiger partial charge in [-0.25, -0.2) is 4.79 Å². The Hall–Kier alpha value is -3.31. The van der Waals surface area contributed by atoms with Crippen LogP contribution in [0.2, 0.25) is 0 Å². The number of anilines is 2. The summed E-state index contributed by atoms with van der Waals surface area (Å²) in [4.78, 5) is 13.4. The fourth-order valence-electron chi connectivity index (χ4n) is 2.17. The number of benzene rings is 2. The third-order valence-electron chi connectivity index (χ3n) is 3.46. The number of carbonyl (C=O) groups excluding carboxylic acids is 1. The van der Waals surface area contributed by atoms with Gasteiger partial charge in [0, 0.05) is 42.7 Å². The van der Waals surface area contributed by atoms with E-state index < -0.39 is 43.1 Å². The molecule has 0 saturated carbocycles. The average Bonchev–Trinajstić information content (AvgIpc) is 2.63. The van der Waals surface area contributed by atoms with E-state index in [0.29, 0.717) is 0 Å². The molecular weight excluding hydrogens is 422 g/mol. The van der Waals surface area contributed by atoms with Gasteiger partial charge in [-0.05, 0) is 12.1 Å². The second-order valence-electron chi connectivity index (χ2n) is 6.01. The van der Waals surface area contributed by atoms with Gasteiger partial charge in [0.05, 0.1) is 0 Å². The predicted octanol–water partition coefficient (Wildman–Crippen LogP) is 4.94. The van der Waals surface area contributed by atoms with Crippen LogP contribution in [0, 0.1) is 0 Å². The number of halogens is 6. The molecule has 0 atom stereocenters. The molecule has 0 aliphatic heterocycles. The van der Waals surface area contributed by atoms with E-state index in [0.717, 1.165) is 23.1 Å². The lowest BCUT2D eigenvalue weighted by Crippen LogP contribution is -2.31. The first kappa shape index (κ1) is 23.0. The van der Waals surface area contributed by atoms with Crippen LogP contribution < -0.4 is 19.7 Å². The van der Waals surface area contributed by atoms with E-state index in [1.165, 1.54) is 31.3 Å². The molecule has 2 amide bonds. The van der Waals surface area contributed by atoms with Crippen LogP contribution in [-0.2, 0) is 0 Å². The van der Waals surface area contributed by atoms with Crippen LogP contribution in [0.15, 0.2) is 42.5 Å². The zero-order chi connectivity index (χ0) is 22.5. The third kappa shape index (κ3) is 7.60. The Morgan fingerprint density at radius 2 is 1.50 bits per heavy atom. The van der Waals surface area contributed by atoms with Crippen molar-refractivity contribution in [2.24, 2.45) is 0 Å². The molecule has 164 valence electrons. The van der Waals surface area contributed by atoms with Gasteiger partial charge in [-0.1, -0.05) is 6.07 Å². The molecule has 30 heavy (non-hydrogen) atoms. The molecule has 0 aliphatic carbocycles. The molecule has 0 heterocycles. The standard InChI is InChI=1S/C18H16F6N2O4/c1-26(12-3-2-4-13(27)7-12)16(28)25-11-5-14(29-9-17(19,20)21)8-15(6-11)30-10-18(22,23)24/h2-8,27H,9-10H2,1H3,(H,25,28). The van der Waals surface area contributed by atoms with E-state index in [1.807, 2.05) is 0 Å². The van der Waals surface area contributed by atoms with Crippen molar-refractivity contribution in [3.63, 3.8) is 0 Å². The minimum atomic E-state index is -4.68. The van der Waals surface area contributed by atoms with E-state index in [9.17, 15) is 36.2 Å². The van der Waals surface area contributed by atoms with Crippen LogP contribution in [0.5, 0.6) is 17.2 Å². The first-order valence-electron chi connectivity index (χ1n) is 8.20. The molecule has 0 unspecified atom stereocenters. The summed E-state index contributed by atoms with van der Waals surface area (Å²) in [5.74, 6) is -1.03. The Morgan fingerprint density at radius 3 is 1.97 bits per heavy atom. The van der Waals surface area contributed by atoms with Crippen molar-refractivity contribution in [3.8, 4) is 17.2 Å². The summed E-state index contributed by atoms with van der Waals surface area (Å²) in [5.41, 5.74) is 0.120. The molecule has 2 aromatic rings. The van der Waals surface area contributed by atoms with Gasteiger partial charge in [0.25, 0.3) is 0 Å². The fourth-order valence-corrected chi connectivity index (χ4v) is 2.17. The highest BCUT2D eigenvalue weighted by atomic mass is 19.4. The van der Waals surface area contributed by atoms with Gasteiger partial charge in [-0.15, -0.1) is 0 Å². The Morgan fingerprint density at radius 1 is 0.967 bits per heavy atom. The Labute approximate surface area is 166 Å². The van der Waals surface area contributed by atoms with E-state index in [4.69, 9.17) is 0 Å². The quantitative estimate of drug-likeness (QED) is 0.627. The molecule has 0 aromatic heterocycles. The molecule has 0 radical (unpaired) electrons. The summed E-state index contributed by atoms with van der Waals surface area (Å²) in [7, 11) is 1.34. The summed E-state index contributed by atoms with van der Waals surface area (Å²) < 4.78 is 83.4. The molecule has 2 aromatic carbocycles. The van der Waals surface area contributed by atoms with Crippen LogP contribution in [0.25, 0.3) is 0 Å². The number of carbonyl (C=O) groups is 1. The average molecular weight is 438 g/mol. The largest absolute Gasteiger partial charge is 0.508 e. The molecule has 2 rings (SSSR count). The SMILES string of the molecule is CN(C(=O)Nc1cc(OCC(F)(F)F)cc(OCC(F)(F)F)c1)c1cccc(O)c1. The Kier molecular flexibility index (Phi) is 6.90. The number of amides is 2. The highest BCUT2D eigenvalue weighted by Gasteiger charge is 2.30. The highest BCUT2D eigenvalue weighted by Crippen LogP contribution is 2.30. The van der Waals surface area contributed by atoms with Gasteiger partial charge < -0.3 is 19.9 Å². The molecule has 6 nitrogen and oxygen atoms in total. The zero-order valence-corrected chi connectivity index (χ0v) is 15.3. The first-order chi connectivity index (χ1) is 13.8. The number of nitrogens with zero attached hydrogens (tertiary/aromatic N) is 1. The monoisotopic (exact) mass is 438 g/mol. The summed E-state index contributed by atoms with van der Waals surface area (Å²) in [6, 6.07) is 7.69. The number of alkyl halides is 6. The molecule has 0 fully saturated rings. The number of rotatable bonds is 6. The lowest BCUT2D eigenvalue weighted by molar-refractivity contribution is -0.153. The topological polar surface area (TPSA) is 71.0 Å². The summed E-state index contributed by atoms with van der Waals surface area (Å²) >= 11 is 0. The van der Waals surface area contributed by atoms with Crippen molar-refractivity contribution >= 4 is 17.4 Å². The van der Waals surface area contributed by atoms with E-state index in [2.05, 4.69) is 14.8 Å². The lowest BCUT2D eigenvalue weighted by Gasteiger charge is -2.19.